The average molecular weight is 403 g/mol. The standard InChI is InChI=1S/C20H17N7OS/c1-11-4-5-14-17(8-11)29-20(23-14)24-19(28)15-9-18-21-7-6-16(27(18)25-15)13-10-22-26(3)12(13)2/h4-10H,1-3H3,(H,23,24,28). The van der Waals surface area contributed by atoms with Crippen molar-refractivity contribution < 1.29 is 4.79 Å². The van der Waals surface area contributed by atoms with Gasteiger partial charge in [0.2, 0.25) is 0 Å². The fourth-order valence-electron chi connectivity index (χ4n) is 3.21. The first-order valence-electron chi connectivity index (χ1n) is 9.02. The number of fused-ring (bicyclic) bond motifs is 2. The molecule has 0 unspecified atom stereocenters. The maximum atomic E-state index is 12.8. The molecule has 0 aliphatic heterocycles. The molecule has 1 N–H and O–H groups in total. The van der Waals surface area contributed by atoms with E-state index in [1.807, 2.05) is 39.1 Å². The first-order chi connectivity index (χ1) is 14.0. The fourth-order valence-corrected chi connectivity index (χ4v) is 4.17. The van der Waals surface area contributed by atoms with E-state index in [0.29, 0.717) is 10.8 Å². The van der Waals surface area contributed by atoms with Crippen molar-refractivity contribution >= 4 is 38.2 Å². The Morgan fingerprint density at radius 2 is 2.03 bits per heavy atom. The van der Waals surface area contributed by atoms with Gasteiger partial charge in [0.15, 0.2) is 16.5 Å². The minimum Gasteiger partial charge on any atom is -0.296 e. The van der Waals surface area contributed by atoms with E-state index in [1.165, 1.54) is 11.3 Å². The van der Waals surface area contributed by atoms with Crippen LogP contribution < -0.4 is 5.32 Å². The van der Waals surface area contributed by atoms with Gasteiger partial charge in [0.1, 0.15) is 0 Å². The van der Waals surface area contributed by atoms with Gasteiger partial charge >= 0.3 is 0 Å². The zero-order valence-electron chi connectivity index (χ0n) is 16.0. The minimum atomic E-state index is -0.319. The first kappa shape index (κ1) is 17.5. The van der Waals surface area contributed by atoms with Crippen LogP contribution in [0.2, 0.25) is 0 Å². The van der Waals surface area contributed by atoms with Crippen LogP contribution in [0.4, 0.5) is 5.13 Å². The number of benzene rings is 1. The first-order valence-corrected chi connectivity index (χ1v) is 9.83. The van der Waals surface area contributed by atoms with Gasteiger partial charge in [-0.15, -0.1) is 0 Å². The molecule has 0 radical (unpaired) electrons. The van der Waals surface area contributed by atoms with Crippen molar-refractivity contribution in [1.29, 1.82) is 0 Å². The number of hydrogen-bond donors (Lipinski definition) is 1. The van der Waals surface area contributed by atoms with E-state index >= 15 is 0 Å². The molecule has 4 aromatic heterocycles. The number of aryl methyl sites for hydroxylation is 2. The zero-order valence-corrected chi connectivity index (χ0v) is 16.9. The van der Waals surface area contributed by atoms with Gasteiger partial charge in [-0.2, -0.15) is 10.2 Å². The van der Waals surface area contributed by atoms with E-state index in [0.717, 1.165) is 32.7 Å². The molecular formula is C20H17N7OS. The van der Waals surface area contributed by atoms with Gasteiger partial charge in [-0.25, -0.2) is 14.5 Å². The molecule has 0 saturated carbocycles. The van der Waals surface area contributed by atoms with Gasteiger partial charge < -0.3 is 0 Å². The van der Waals surface area contributed by atoms with E-state index in [-0.39, 0.29) is 11.6 Å². The van der Waals surface area contributed by atoms with Crippen LogP contribution in [0.5, 0.6) is 0 Å². The molecule has 5 aromatic rings. The van der Waals surface area contributed by atoms with Crippen molar-refractivity contribution in [3.05, 3.63) is 59.7 Å². The third-order valence-electron chi connectivity index (χ3n) is 4.87. The van der Waals surface area contributed by atoms with Crippen LogP contribution in [0.1, 0.15) is 21.7 Å². The fraction of sp³-hybridized carbons (Fsp3) is 0.150. The molecule has 5 rings (SSSR count). The molecule has 29 heavy (non-hydrogen) atoms. The van der Waals surface area contributed by atoms with Gasteiger partial charge in [0.05, 0.1) is 22.1 Å². The number of carbonyl (C=O) groups excluding carboxylic acids is 1. The molecule has 0 bridgehead atoms. The van der Waals surface area contributed by atoms with E-state index in [1.54, 1.807) is 27.7 Å². The number of amides is 1. The molecule has 0 aliphatic rings. The molecule has 8 nitrogen and oxygen atoms in total. The second-order valence-corrected chi connectivity index (χ2v) is 7.87. The number of hydrogen-bond acceptors (Lipinski definition) is 6. The number of rotatable bonds is 3. The third kappa shape index (κ3) is 2.95. The van der Waals surface area contributed by atoms with Gasteiger partial charge in [-0.05, 0) is 37.6 Å². The summed E-state index contributed by atoms with van der Waals surface area (Å²) >= 11 is 1.44. The van der Waals surface area contributed by atoms with E-state index in [2.05, 4.69) is 31.5 Å². The summed E-state index contributed by atoms with van der Waals surface area (Å²) in [6.07, 6.45) is 3.49. The lowest BCUT2D eigenvalue weighted by atomic mass is 10.2. The second kappa shape index (κ2) is 6.49. The Hall–Kier alpha value is -3.59. The van der Waals surface area contributed by atoms with E-state index < -0.39 is 0 Å². The number of thiazole rings is 1. The number of carbonyl (C=O) groups is 1. The number of aromatic nitrogens is 6. The van der Waals surface area contributed by atoms with E-state index in [9.17, 15) is 4.79 Å². The lowest BCUT2D eigenvalue weighted by Crippen LogP contribution is -2.12. The smallest absolute Gasteiger partial charge is 0.278 e. The zero-order chi connectivity index (χ0) is 20.1. The summed E-state index contributed by atoms with van der Waals surface area (Å²) in [7, 11) is 1.89. The predicted molar refractivity (Wildman–Crippen MR) is 112 cm³/mol. The Labute approximate surface area is 169 Å². The van der Waals surface area contributed by atoms with Crippen LogP contribution in [0, 0.1) is 13.8 Å². The maximum absolute atomic E-state index is 12.8. The van der Waals surface area contributed by atoms with Crippen molar-refractivity contribution in [2.75, 3.05) is 5.32 Å². The quantitative estimate of drug-likeness (QED) is 0.497. The lowest BCUT2D eigenvalue weighted by Gasteiger charge is -2.03. The highest BCUT2D eigenvalue weighted by Crippen LogP contribution is 2.27. The average Bonchev–Trinajstić information content (AvgIpc) is 3.38. The molecule has 4 heterocycles. The molecule has 0 aliphatic carbocycles. The van der Waals surface area contributed by atoms with Crippen LogP contribution >= 0.6 is 11.3 Å². The maximum Gasteiger partial charge on any atom is 0.278 e. The molecule has 0 spiro atoms. The Morgan fingerprint density at radius 1 is 1.17 bits per heavy atom. The van der Waals surface area contributed by atoms with Crippen LogP contribution in [0.3, 0.4) is 0 Å². The van der Waals surface area contributed by atoms with Gasteiger partial charge in [-0.1, -0.05) is 17.4 Å². The highest BCUT2D eigenvalue weighted by atomic mass is 32.1. The van der Waals surface area contributed by atoms with Crippen molar-refractivity contribution in [2.24, 2.45) is 7.05 Å². The molecule has 1 aromatic carbocycles. The summed E-state index contributed by atoms with van der Waals surface area (Å²) in [5.74, 6) is -0.319. The second-order valence-electron chi connectivity index (χ2n) is 6.84. The summed E-state index contributed by atoms with van der Waals surface area (Å²) in [5.41, 5.74) is 5.67. The molecular weight excluding hydrogens is 386 g/mol. The van der Waals surface area contributed by atoms with Crippen molar-refractivity contribution in [1.82, 2.24) is 29.4 Å². The van der Waals surface area contributed by atoms with Gasteiger partial charge in [0.25, 0.3) is 5.91 Å². The van der Waals surface area contributed by atoms with E-state index in [4.69, 9.17) is 0 Å². The lowest BCUT2D eigenvalue weighted by molar-refractivity contribution is 0.102. The monoisotopic (exact) mass is 403 g/mol. The molecule has 9 heteroatoms. The van der Waals surface area contributed by atoms with Gasteiger partial charge in [-0.3, -0.25) is 14.8 Å². The Bertz CT molecular complexity index is 1390. The van der Waals surface area contributed by atoms with Crippen molar-refractivity contribution in [2.45, 2.75) is 13.8 Å². The SMILES string of the molecule is Cc1ccc2nc(NC(=O)c3cc4nccc(-c5cnn(C)c5C)n4n3)sc2c1. The summed E-state index contributed by atoms with van der Waals surface area (Å²) in [5, 5.41) is 12.2. The highest BCUT2D eigenvalue weighted by Gasteiger charge is 2.17. The molecule has 0 saturated heterocycles. The number of nitrogens with zero attached hydrogens (tertiary/aromatic N) is 6. The Kier molecular flexibility index (Phi) is 3.92. The van der Waals surface area contributed by atoms with Crippen LogP contribution in [0.15, 0.2) is 42.7 Å². The predicted octanol–water partition coefficient (Wildman–Crippen LogP) is 3.61. The molecule has 144 valence electrons. The van der Waals surface area contributed by atoms with Crippen LogP contribution in [0.25, 0.3) is 27.1 Å². The molecule has 0 fully saturated rings. The topological polar surface area (TPSA) is 90.0 Å². The number of anilines is 1. The minimum absolute atomic E-state index is 0.280. The Balaban J connectivity index is 1.50. The normalized spacial score (nSPS) is 11.4. The summed E-state index contributed by atoms with van der Waals surface area (Å²) in [6, 6.07) is 9.54. The largest absolute Gasteiger partial charge is 0.296 e. The van der Waals surface area contributed by atoms with Crippen LogP contribution in [-0.4, -0.2) is 35.3 Å². The number of nitrogens with one attached hydrogen (secondary N) is 1. The Morgan fingerprint density at radius 3 is 2.83 bits per heavy atom. The van der Waals surface area contributed by atoms with Gasteiger partial charge in [0, 0.05) is 30.6 Å². The van der Waals surface area contributed by atoms with Crippen molar-refractivity contribution in [3.8, 4) is 11.3 Å². The molecule has 1 amide bonds. The molecule has 0 atom stereocenters. The third-order valence-corrected chi connectivity index (χ3v) is 5.80. The summed E-state index contributed by atoms with van der Waals surface area (Å²) < 4.78 is 4.50. The van der Waals surface area contributed by atoms with Crippen molar-refractivity contribution in [3.63, 3.8) is 0 Å². The summed E-state index contributed by atoms with van der Waals surface area (Å²) in [4.78, 5) is 21.6. The summed E-state index contributed by atoms with van der Waals surface area (Å²) in [6.45, 7) is 4.02. The highest BCUT2D eigenvalue weighted by molar-refractivity contribution is 7.22. The van der Waals surface area contributed by atoms with Crippen LogP contribution in [-0.2, 0) is 7.05 Å².